The highest BCUT2D eigenvalue weighted by molar-refractivity contribution is 5.87. The molecular weight excluding hydrogens is 221 g/mol. The molecule has 0 saturated heterocycles. The molecule has 1 aromatic rings. The third-order valence-electron chi connectivity index (χ3n) is 1.86. The minimum Gasteiger partial charge on any atom is -0.457 e. The van der Waals surface area contributed by atoms with Gasteiger partial charge < -0.3 is 10.5 Å². The molecule has 1 aromatic carbocycles. The molecule has 92 valence electrons. The summed E-state index contributed by atoms with van der Waals surface area (Å²) in [5.74, 6) is -1.05. The normalized spacial score (nSPS) is 11.8. The summed E-state index contributed by atoms with van der Waals surface area (Å²) in [4.78, 5) is 11.4. The van der Waals surface area contributed by atoms with Gasteiger partial charge in [0.15, 0.2) is 5.82 Å². The van der Waals surface area contributed by atoms with Gasteiger partial charge in [-0.15, -0.1) is 0 Å². The van der Waals surface area contributed by atoms with Gasteiger partial charge in [0.05, 0.1) is 5.69 Å². The van der Waals surface area contributed by atoms with Crippen molar-refractivity contribution < 1.29 is 13.9 Å². The average molecular weight is 237 g/mol. The second-order valence-electron chi connectivity index (χ2n) is 4.62. The zero-order valence-corrected chi connectivity index (χ0v) is 10.2. The van der Waals surface area contributed by atoms with Crippen LogP contribution in [0.3, 0.4) is 0 Å². The van der Waals surface area contributed by atoms with E-state index < -0.39 is 17.4 Å². The lowest BCUT2D eigenvalue weighted by atomic mass is 10.1. The predicted molar refractivity (Wildman–Crippen MR) is 65.7 cm³/mol. The van der Waals surface area contributed by atoms with Crippen LogP contribution in [-0.4, -0.2) is 11.6 Å². The van der Waals surface area contributed by atoms with Gasteiger partial charge in [0, 0.05) is 11.6 Å². The molecule has 0 aliphatic carbocycles. The highest BCUT2D eigenvalue weighted by atomic mass is 19.1. The Morgan fingerprint density at radius 2 is 2.06 bits per heavy atom. The number of hydrogen-bond acceptors (Lipinski definition) is 3. The van der Waals surface area contributed by atoms with E-state index in [-0.39, 0.29) is 11.3 Å². The molecule has 0 fully saturated rings. The Morgan fingerprint density at radius 1 is 1.41 bits per heavy atom. The third-order valence-corrected chi connectivity index (χ3v) is 1.86. The quantitative estimate of drug-likeness (QED) is 0.489. The van der Waals surface area contributed by atoms with Crippen molar-refractivity contribution in [2.24, 2.45) is 0 Å². The van der Waals surface area contributed by atoms with E-state index in [2.05, 4.69) is 0 Å². The molecule has 0 atom stereocenters. The summed E-state index contributed by atoms with van der Waals surface area (Å²) in [6.07, 6.45) is 2.53. The number of carbonyl (C=O) groups excluding carboxylic acids is 1. The van der Waals surface area contributed by atoms with Gasteiger partial charge in [-0.25, -0.2) is 9.18 Å². The van der Waals surface area contributed by atoms with Crippen molar-refractivity contribution in [2.45, 2.75) is 26.4 Å². The van der Waals surface area contributed by atoms with Gasteiger partial charge in [0.2, 0.25) is 0 Å². The van der Waals surface area contributed by atoms with Crippen LogP contribution in [0, 0.1) is 5.82 Å². The Kier molecular flexibility index (Phi) is 3.89. The molecule has 0 unspecified atom stereocenters. The standard InChI is InChI=1S/C13H16FNO2/c1-13(2,3)17-11(16)8-7-9-5-4-6-10(15)12(9)14/h4-8H,15H2,1-3H3. The van der Waals surface area contributed by atoms with E-state index in [0.29, 0.717) is 0 Å². The first kappa shape index (κ1) is 13.2. The van der Waals surface area contributed by atoms with Crippen LogP contribution in [0.5, 0.6) is 0 Å². The first-order valence-electron chi connectivity index (χ1n) is 5.24. The van der Waals surface area contributed by atoms with Crippen molar-refractivity contribution in [3.8, 4) is 0 Å². The molecule has 0 heterocycles. The molecule has 3 nitrogen and oxygen atoms in total. The van der Waals surface area contributed by atoms with Crippen molar-refractivity contribution in [2.75, 3.05) is 5.73 Å². The van der Waals surface area contributed by atoms with E-state index in [1.165, 1.54) is 24.3 Å². The second-order valence-corrected chi connectivity index (χ2v) is 4.62. The maximum Gasteiger partial charge on any atom is 0.331 e. The Labute approximate surface area is 100 Å². The Bertz CT molecular complexity index is 447. The van der Waals surface area contributed by atoms with Crippen molar-refractivity contribution in [3.05, 3.63) is 35.7 Å². The molecule has 17 heavy (non-hydrogen) atoms. The van der Waals surface area contributed by atoms with E-state index in [1.54, 1.807) is 26.8 Å². The summed E-state index contributed by atoms with van der Waals surface area (Å²) in [6, 6.07) is 4.61. The molecule has 0 radical (unpaired) electrons. The van der Waals surface area contributed by atoms with Crippen LogP contribution in [0.15, 0.2) is 24.3 Å². The molecule has 4 heteroatoms. The smallest absolute Gasteiger partial charge is 0.331 e. The van der Waals surface area contributed by atoms with Crippen LogP contribution >= 0.6 is 0 Å². The van der Waals surface area contributed by atoms with Crippen molar-refractivity contribution in [1.82, 2.24) is 0 Å². The number of hydrogen-bond donors (Lipinski definition) is 1. The van der Waals surface area contributed by atoms with Crippen LogP contribution in [0.2, 0.25) is 0 Å². The summed E-state index contributed by atoms with van der Waals surface area (Å²) < 4.78 is 18.5. The van der Waals surface area contributed by atoms with Crippen molar-refractivity contribution >= 4 is 17.7 Å². The fourth-order valence-corrected chi connectivity index (χ4v) is 1.19. The topological polar surface area (TPSA) is 52.3 Å². The van der Waals surface area contributed by atoms with E-state index in [4.69, 9.17) is 10.5 Å². The third kappa shape index (κ3) is 4.26. The van der Waals surface area contributed by atoms with Crippen LogP contribution < -0.4 is 5.73 Å². The molecule has 0 aliphatic heterocycles. The summed E-state index contributed by atoms with van der Waals surface area (Å²) in [5.41, 5.74) is 5.16. The predicted octanol–water partition coefficient (Wildman–Crippen LogP) is 2.76. The zero-order chi connectivity index (χ0) is 13.1. The molecule has 2 N–H and O–H groups in total. The number of nitrogen functional groups attached to an aromatic ring is 1. The van der Waals surface area contributed by atoms with E-state index >= 15 is 0 Å². The minimum atomic E-state index is -0.560. The lowest BCUT2D eigenvalue weighted by Gasteiger charge is -2.17. The van der Waals surface area contributed by atoms with Crippen molar-refractivity contribution in [3.63, 3.8) is 0 Å². The molecule has 0 aliphatic rings. The van der Waals surface area contributed by atoms with Crippen LogP contribution in [0.25, 0.3) is 6.08 Å². The molecule has 0 bridgehead atoms. The second kappa shape index (κ2) is 4.99. The van der Waals surface area contributed by atoms with Gasteiger partial charge >= 0.3 is 5.97 Å². The Hall–Kier alpha value is -1.84. The molecule has 0 aromatic heterocycles. The number of halogens is 1. The highest BCUT2D eigenvalue weighted by Crippen LogP contribution is 2.16. The van der Waals surface area contributed by atoms with Gasteiger partial charge in [-0.05, 0) is 32.9 Å². The van der Waals surface area contributed by atoms with Gasteiger partial charge in [-0.1, -0.05) is 12.1 Å². The lowest BCUT2D eigenvalue weighted by molar-refractivity contribution is -0.148. The number of rotatable bonds is 2. The van der Waals surface area contributed by atoms with Gasteiger partial charge in [-0.3, -0.25) is 0 Å². The maximum atomic E-state index is 13.5. The largest absolute Gasteiger partial charge is 0.457 e. The van der Waals surface area contributed by atoms with Crippen LogP contribution in [0.4, 0.5) is 10.1 Å². The van der Waals surface area contributed by atoms with Gasteiger partial charge in [0.25, 0.3) is 0 Å². The summed E-state index contributed by atoms with van der Waals surface area (Å²) in [6.45, 7) is 5.29. The van der Waals surface area contributed by atoms with Gasteiger partial charge in [-0.2, -0.15) is 0 Å². The lowest BCUT2D eigenvalue weighted by Crippen LogP contribution is -2.22. The summed E-state index contributed by atoms with van der Waals surface area (Å²) >= 11 is 0. The average Bonchev–Trinajstić information content (AvgIpc) is 2.18. The van der Waals surface area contributed by atoms with Gasteiger partial charge in [0.1, 0.15) is 5.60 Å². The van der Waals surface area contributed by atoms with E-state index in [1.807, 2.05) is 0 Å². The fraction of sp³-hybridized carbons (Fsp3) is 0.308. The molecular formula is C13H16FNO2. The van der Waals surface area contributed by atoms with E-state index in [9.17, 15) is 9.18 Å². The molecule has 0 amide bonds. The summed E-state index contributed by atoms with van der Waals surface area (Å²) in [5, 5.41) is 0. The number of benzene rings is 1. The maximum absolute atomic E-state index is 13.5. The monoisotopic (exact) mass is 237 g/mol. The molecule has 1 rings (SSSR count). The number of nitrogens with two attached hydrogens (primary N) is 1. The number of esters is 1. The fourth-order valence-electron chi connectivity index (χ4n) is 1.19. The Morgan fingerprint density at radius 3 is 2.65 bits per heavy atom. The Balaban J connectivity index is 2.78. The van der Waals surface area contributed by atoms with Crippen LogP contribution in [-0.2, 0) is 9.53 Å². The zero-order valence-electron chi connectivity index (χ0n) is 10.2. The summed E-state index contributed by atoms with van der Waals surface area (Å²) in [7, 11) is 0. The van der Waals surface area contributed by atoms with Crippen LogP contribution in [0.1, 0.15) is 26.3 Å². The first-order valence-corrected chi connectivity index (χ1v) is 5.24. The number of carbonyl (C=O) groups is 1. The van der Waals surface area contributed by atoms with Crippen molar-refractivity contribution in [1.29, 1.82) is 0 Å². The SMILES string of the molecule is CC(C)(C)OC(=O)C=Cc1cccc(N)c1F. The van der Waals surface area contributed by atoms with E-state index in [0.717, 1.165) is 0 Å². The number of ether oxygens (including phenoxy) is 1. The first-order chi connectivity index (χ1) is 7.79. The minimum absolute atomic E-state index is 0.0522. The highest BCUT2D eigenvalue weighted by Gasteiger charge is 2.14. The molecule has 0 spiro atoms. The molecule has 0 saturated carbocycles. The number of anilines is 1.